The summed E-state index contributed by atoms with van der Waals surface area (Å²) in [4.78, 5) is 2.17. The van der Waals surface area contributed by atoms with E-state index in [1.165, 1.54) is 5.56 Å². The lowest BCUT2D eigenvalue weighted by atomic mass is 10.2. The molecule has 1 atom stereocenters. The zero-order valence-electron chi connectivity index (χ0n) is 15.0. The molecule has 0 aliphatic rings. The first kappa shape index (κ1) is 18.2. The van der Waals surface area contributed by atoms with Gasteiger partial charge >= 0.3 is 0 Å². The van der Waals surface area contributed by atoms with Crippen LogP contribution in [-0.2, 0) is 13.1 Å². The van der Waals surface area contributed by atoms with E-state index in [1.54, 1.807) is 0 Å². The van der Waals surface area contributed by atoms with E-state index in [4.69, 9.17) is 9.15 Å². The van der Waals surface area contributed by atoms with Crippen LogP contribution in [0.5, 0.6) is 5.75 Å². The van der Waals surface area contributed by atoms with Crippen LogP contribution in [0.15, 0.2) is 77.2 Å². The number of benzene rings is 2. The molecule has 136 valence electrons. The van der Waals surface area contributed by atoms with E-state index < -0.39 is 6.10 Å². The van der Waals surface area contributed by atoms with E-state index in [-0.39, 0.29) is 6.61 Å². The molecule has 2 aromatic carbocycles. The maximum atomic E-state index is 10.4. The van der Waals surface area contributed by atoms with Crippen molar-refractivity contribution in [3.63, 3.8) is 0 Å². The van der Waals surface area contributed by atoms with Gasteiger partial charge in [0.1, 0.15) is 30.0 Å². The predicted octanol–water partition coefficient (Wildman–Crippen LogP) is 4.03. The largest absolute Gasteiger partial charge is 0.491 e. The summed E-state index contributed by atoms with van der Waals surface area (Å²) in [5.74, 6) is 2.56. The first-order valence-corrected chi connectivity index (χ1v) is 8.86. The second-order valence-electron chi connectivity index (χ2n) is 6.45. The van der Waals surface area contributed by atoms with E-state index in [0.717, 1.165) is 23.8 Å². The van der Waals surface area contributed by atoms with Crippen LogP contribution in [0.25, 0.3) is 0 Å². The number of nitrogens with zero attached hydrogens (tertiary/aromatic N) is 1. The standard InChI is InChI=1S/C22H25NO3/c1-18-12-13-22(26-18)16-23(14-19-8-4-2-5-9-19)15-20(24)17-25-21-10-6-3-7-11-21/h2-13,20,24H,14-17H2,1H3/t20-/m0/s1. The highest BCUT2D eigenvalue weighted by molar-refractivity contribution is 5.21. The molecule has 1 aromatic heterocycles. The fraction of sp³-hybridized carbons (Fsp3) is 0.273. The van der Waals surface area contributed by atoms with E-state index in [9.17, 15) is 5.11 Å². The van der Waals surface area contributed by atoms with Crippen molar-refractivity contribution in [3.8, 4) is 5.75 Å². The van der Waals surface area contributed by atoms with Gasteiger partial charge in [-0.15, -0.1) is 0 Å². The number of hydrogen-bond acceptors (Lipinski definition) is 4. The third-order valence-electron chi connectivity index (χ3n) is 4.08. The topological polar surface area (TPSA) is 45.8 Å². The molecule has 0 spiro atoms. The van der Waals surface area contributed by atoms with Crippen LogP contribution in [0, 0.1) is 6.92 Å². The second-order valence-corrected chi connectivity index (χ2v) is 6.45. The summed E-state index contributed by atoms with van der Waals surface area (Å²) in [6.45, 7) is 4.08. The van der Waals surface area contributed by atoms with Crippen LogP contribution < -0.4 is 4.74 Å². The van der Waals surface area contributed by atoms with Crippen LogP contribution >= 0.6 is 0 Å². The van der Waals surface area contributed by atoms with E-state index in [0.29, 0.717) is 13.1 Å². The minimum atomic E-state index is -0.588. The molecule has 1 heterocycles. The second kappa shape index (κ2) is 9.22. The molecule has 0 saturated carbocycles. The Balaban J connectivity index is 1.60. The van der Waals surface area contributed by atoms with Crippen molar-refractivity contribution in [1.29, 1.82) is 0 Å². The van der Waals surface area contributed by atoms with Crippen molar-refractivity contribution in [3.05, 3.63) is 89.9 Å². The van der Waals surface area contributed by atoms with Gasteiger partial charge in [-0.3, -0.25) is 4.90 Å². The summed E-state index contributed by atoms with van der Waals surface area (Å²) in [6, 6.07) is 23.7. The van der Waals surface area contributed by atoms with Gasteiger partial charge in [-0.25, -0.2) is 0 Å². The van der Waals surface area contributed by atoms with Crippen LogP contribution in [0.4, 0.5) is 0 Å². The Bertz CT molecular complexity index is 770. The van der Waals surface area contributed by atoms with Crippen molar-refractivity contribution in [2.75, 3.05) is 13.2 Å². The van der Waals surface area contributed by atoms with Gasteiger partial charge in [0.15, 0.2) is 0 Å². The summed E-state index contributed by atoms with van der Waals surface area (Å²) < 4.78 is 11.4. The summed E-state index contributed by atoms with van der Waals surface area (Å²) in [5.41, 5.74) is 1.20. The van der Waals surface area contributed by atoms with Gasteiger partial charge in [-0.1, -0.05) is 48.5 Å². The van der Waals surface area contributed by atoms with Gasteiger partial charge < -0.3 is 14.3 Å². The molecule has 26 heavy (non-hydrogen) atoms. The predicted molar refractivity (Wildman–Crippen MR) is 102 cm³/mol. The Morgan fingerprint density at radius 3 is 2.27 bits per heavy atom. The molecule has 0 amide bonds. The van der Waals surface area contributed by atoms with Crippen LogP contribution in [-0.4, -0.2) is 29.3 Å². The van der Waals surface area contributed by atoms with Crippen molar-refractivity contribution in [2.45, 2.75) is 26.1 Å². The normalized spacial score (nSPS) is 12.3. The number of rotatable bonds is 9. The number of furan rings is 1. The molecular formula is C22H25NO3. The molecular weight excluding hydrogens is 326 g/mol. The van der Waals surface area contributed by atoms with Crippen molar-refractivity contribution in [1.82, 2.24) is 4.90 Å². The van der Waals surface area contributed by atoms with E-state index in [1.807, 2.05) is 67.6 Å². The van der Waals surface area contributed by atoms with Crippen molar-refractivity contribution >= 4 is 0 Å². The van der Waals surface area contributed by atoms with Gasteiger partial charge in [-0.05, 0) is 36.8 Å². The highest BCUT2D eigenvalue weighted by atomic mass is 16.5. The number of aliphatic hydroxyl groups is 1. The highest BCUT2D eigenvalue weighted by Gasteiger charge is 2.15. The Morgan fingerprint density at radius 1 is 0.923 bits per heavy atom. The first-order valence-electron chi connectivity index (χ1n) is 8.86. The summed E-state index contributed by atoms with van der Waals surface area (Å²) >= 11 is 0. The Morgan fingerprint density at radius 2 is 1.62 bits per heavy atom. The van der Waals surface area contributed by atoms with E-state index >= 15 is 0 Å². The molecule has 4 heteroatoms. The maximum absolute atomic E-state index is 10.4. The average Bonchev–Trinajstić information content (AvgIpc) is 3.06. The molecule has 1 N–H and O–H groups in total. The number of hydrogen-bond donors (Lipinski definition) is 1. The Kier molecular flexibility index (Phi) is 6.47. The molecule has 0 aliphatic carbocycles. The zero-order valence-corrected chi connectivity index (χ0v) is 15.0. The number of ether oxygens (including phenoxy) is 1. The SMILES string of the molecule is Cc1ccc(CN(Cc2ccccc2)C[C@H](O)COc2ccccc2)o1. The van der Waals surface area contributed by atoms with Gasteiger partial charge in [0.05, 0.1) is 6.54 Å². The quantitative estimate of drug-likeness (QED) is 0.632. The number of aliphatic hydroxyl groups excluding tert-OH is 1. The Hall–Kier alpha value is -2.56. The fourth-order valence-electron chi connectivity index (χ4n) is 2.88. The molecule has 3 aromatic rings. The third-order valence-corrected chi connectivity index (χ3v) is 4.08. The smallest absolute Gasteiger partial charge is 0.119 e. The molecule has 0 saturated heterocycles. The third kappa shape index (κ3) is 5.76. The van der Waals surface area contributed by atoms with Crippen LogP contribution in [0.2, 0.25) is 0 Å². The highest BCUT2D eigenvalue weighted by Crippen LogP contribution is 2.14. The number of aryl methyl sites for hydroxylation is 1. The van der Waals surface area contributed by atoms with Gasteiger partial charge in [0.25, 0.3) is 0 Å². The van der Waals surface area contributed by atoms with Gasteiger partial charge in [-0.2, -0.15) is 0 Å². The zero-order chi connectivity index (χ0) is 18.2. The van der Waals surface area contributed by atoms with Crippen LogP contribution in [0.1, 0.15) is 17.1 Å². The lowest BCUT2D eigenvalue weighted by Crippen LogP contribution is -2.35. The van der Waals surface area contributed by atoms with Crippen LogP contribution in [0.3, 0.4) is 0 Å². The molecule has 0 aliphatic heterocycles. The minimum Gasteiger partial charge on any atom is -0.491 e. The maximum Gasteiger partial charge on any atom is 0.119 e. The van der Waals surface area contributed by atoms with Crippen molar-refractivity contribution < 1.29 is 14.3 Å². The van der Waals surface area contributed by atoms with Gasteiger partial charge in [0, 0.05) is 13.1 Å². The van der Waals surface area contributed by atoms with Crippen molar-refractivity contribution in [2.24, 2.45) is 0 Å². The fourth-order valence-corrected chi connectivity index (χ4v) is 2.88. The van der Waals surface area contributed by atoms with E-state index in [2.05, 4.69) is 17.0 Å². The lowest BCUT2D eigenvalue weighted by molar-refractivity contribution is 0.0604. The molecule has 0 bridgehead atoms. The summed E-state index contributed by atoms with van der Waals surface area (Å²) in [7, 11) is 0. The molecule has 0 unspecified atom stereocenters. The molecule has 3 rings (SSSR count). The molecule has 0 radical (unpaired) electrons. The summed E-state index contributed by atoms with van der Waals surface area (Å²) in [5, 5.41) is 10.4. The van der Waals surface area contributed by atoms with Gasteiger partial charge in [0.2, 0.25) is 0 Å². The lowest BCUT2D eigenvalue weighted by Gasteiger charge is -2.24. The monoisotopic (exact) mass is 351 g/mol. The summed E-state index contributed by atoms with van der Waals surface area (Å²) in [6.07, 6.45) is -0.588. The minimum absolute atomic E-state index is 0.256. The Labute approximate surface area is 154 Å². The average molecular weight is 351 g/mol. The number of para-hydroxylation sites is 1. The first-order chi connectivity index (χ1) is 12.7. The molecule has 0 fully saturated rings. The molecule has 4 nitrogen and oxygen atoms in total.